The molecule has 7 heteroatoms. The van der Waals surface area contributed by atoms with Crippen LogP contribution in [0.5, 0.6) is 17.5 Å². The zero-order chi connectivity index (χ0) is 15.4. The van der Waals surface area contributed by atoms with Crippen molar-refractivity contribution in [3.63, 3.8) is 0 Å². The fourth-order valence-electron chi connectivity index (χ4n) is 1.46. The van der Waals surface area contributed by atoms with Gasteiger partial charge >= 0.3 is 0 Å². The first-order valence-electron chi connectivity index (χ1n) is 6.03. The van der Waals surface area contributed by atoms with Crippen molar-refractivity contribution in [2.24, 2.45) is 0 Å². The molecule has 0 atom stereocenters. The maximum atomic E-state index is 14.1. The van der Waals surface area contributed by atoms with Gasteiger partial charge in [-0.05, 0) is 26.0 Å². The Morgan fingerprint density at radius 3 is 2.62 bits per heavy atom. The number of hydrogen-bond acceptors (Lipinski definition) is 4. The third-order valence-electron chi connectivity index (χ3n) is 2.32. The highest BCUT2D eigenvalue weighted by molar-refractivity contribution is 6.32. The fourth-order valence-corrected chi connectivity index (χ4v) is 1.67. The zero-order valence-electron chi connectivity index (χ0n) is 11.3. The quantitative estimate of drug-likeness (QED) is 0.786. The molecule has 21 heavy (non-hydrogen) atoms. The normalized spacial score (nSPS) is 10.3. The molecular weight excluding hydrogens is 297 g/mol. The van der Waals surface area contributed by atoms with Gasteiger partial charge < -0.3 is 9.47 Å². The number of rotatable bonds is 4. The van der Waals surface area contributed by atoms with E-state index in [1.165, 1.54) is 18.2 Å². The summed E-state index contributed by atoms with van der Waals surface area (Å²) in [6.07, 6.45) is 0.904. The molecule has 0 saturated heterocycles. The van der Waals surface area contributed by atoms with E-state index in [1.807, 2.05) is 0 Å². The van der Waals surface area contributed by atoms with Gasteiger partial charge in [0.2, 0.25) is 5.82 Å². The summed E-state index contributed by atoms with van der Waals surface area (Å²) in [7, 11) is 0. The average Bonchev–Trinajstić information content (AvgIpc) is 2.44. The first-order chi connectivity index (χ1) is 10.0. The summed E-state index contributed by atoms with van der Waals surface area (Å²) < 4.78 is 24.7. The van der Waals surface area contributed by atoms with E-state index in [0.29, 0.717) is 5.69 Å². The largest absolute Gasteiger partial charge is 0.473 e. The lowest BCUT2D eigenvalue weighted by atomic mass is 10.3. The molecule has 0 radical (unpaired) electrons. The molecule has 1 aromatic heterocycles. The molecule has 2 rings (SSSR count). The maximum Gasteiger partial charge on any atom is 0.263 e. The van der Waals surface area contributed by atoms with Crippen molar-refractivity contribution in [3.05, 3.63) is 46.8 Å². The van der Waals surface area contributed by atoms with Crippen molar-refractivity contribution in [2.45, 2.75) is 20.0 Å². The first-order valence-corrected chi connectivity index (χ1v) is 6.41. The molecule has 0 aliphatic heterocycles. The van der Waals surface area contributed by atoms with E-state index in [9.17, 15) is 4.39 Å². The lowest BCUT2D eigenvalue weighted by Gasteiger charge is -2.11. The molecule has 0 aliphatic rings. The fraction of sp³-hybridized carbons (Fsp3) is 0.214. The standard InChI is InChI=1S/C14H11ClFN3O2/c1-8(2)20-13-12(16)14(19-7-18-13)21-11-5-4-9(17-3)6-10(11)15/h4-8H,1-2H3. The topological polar surface area (TPSA) is 48.6 Å². The Balaban J connectivity index is 2.30. The predicted molar refractivity (Wildman–Crippen MR) is 75.5 cm³/mol. The van der Waals surface area contributed by atoms with Gasteiger partial charge in [0.1, 0.15) is 12.1 Å². The van der Waals surface area contributed by atoms with Crippen LogP contribution in [-0.4, -0.2) is 16.1 Å². The van der Waals surface area contributed by atoms with E-state index >= 15 is 0 Å². The Morgan fingerprint density at radius 2 is 2.00 bits per heavy atom. The van der Waals surface area contributed by atoms with E-state index in [0.717, 1.165) is 6.33 Å². The van der Waals surface area contributed by atoms with Crippen LogP contribution in [-0.2, 0) is 0 Å². The SMILES string of the molecule is [C-]#[N+]c1ccc(Oc2ncnc(OC(C)C)c2F)c(Cl)c1. The molecule has 0 N–H and O–H groups in total. The molecule has 0 spiro atoms. The van der Waals surface area contributed by atoms with Crippen LogP contribution >= 0.6 is 11.6 Å². The van der Waals surface area contributed by atoms with E-state index in [4.69, 9.17) is 27.6 Å². The Hall–Kier alpha value is -2.39. The third-order valence-corrected chi connectivity index (χ3v) is 2.62. The minimum Gasteiger partial charge on any atom is -0.473 e. The van der Waals surface area contributed by atoms with E-state index in [2.05, 4.69) is 14.8 Å². The van der Waals surface area contributed by atoms with Crippen LogP contribution in [0.25, 0.3) is 4.85 Å². The number of hydrogen-bond donors (Lipinski definition) is 0. The highest BCUT2D eigenvalue weighted by atomic mass is 35.5. The van der Waals surface area contributed by atoms with Gasteiger partial charge in [0.15, 0.2) is 5.69 Å². The van der Waals surface area contributed by atoms with Crippen molar-refractivity contribution in [3.8, 4) is 17.5 Å². The Bertz CT molecular complexity index is 701. The van der Waals surface area contributed by atoms with Crippen LogP contribution in [0.3, 0.4) is 0 Å². The lowest BCUT2D eigenvalue weighted by molar-refractivity contribution is 0.216. The highest BCUT2D eigenvalue weighted by Crippen LogP contribution is 2.34. The Kier molecular flexibility index (Phi) is 4.55. The monoisotopic (exact) mass is 307 g/mol. The average molecular weight is 308 g/mol. The van der Waals surface area contributed by atoms with Gasteiger partial charge in [-0.1, -0.05) is 17.7 Å². The van der Waals surface area contributed by atoms with Crippen LogP contribution < -0.4 is 9.47 Å². The molecule has 0 amide bonds. The van der Waals surface area contributed by atoms with Crippen LogP contribution in [0.4, 0.5) is 10.1 Å². The van der Waals surface area contributed by atoms with Crippen molar-refractivity contribution in [2.75, 3.05) is 0 Å². The molecule has 1 heterocycles. The number of ether oxygens (including phenoxy) is 2. The van der Waals surface area contributed by atoms with Crippen LogP contribution in [0.2, 0.25) is 5.02 Å². The summed E-state index contributed by atoms with van der Waals surface area (Å²) in [5, 5.41) is 0.188. The van der Waals surface area contributed by atoms with Crippen LogP contribution in [0.1, 0.15) is 13.8 Å². The molecule has 1 aromatic carbocycles. The van der Waals surface area contributed by atoms with Gasteiger partial charge in [0.25, 0.3) is 11.8 Å². The second-order valence-corrected chi connectivity index (χ2v) is 4.70. The number of halogens is 2. The van der Waals surface area contributed by atoms with Gasteiger partial charge in [0.05, 0.1) is 17.7 Å². The number of nitrogens with zero attached hydrogens (tertiary/aromatic N) is 3. The highest BCUT2D eigenvalue weighted by Gasteiger charge is 2.16. The van der Waals surface area contributed by atoms with E-state index in [-0.39, 0.29) is 28.6 Å². The summed E-state index contributed by atoms with van der Waals surface area (Å²) in [6.45, 7) is 10.4. The van der Waals surface area contributed by atoms with Gasteiger partial charge in [0, 0.05) is 0 Å². The molecule has 0 fully saturated rings. The number of aromatic nitrogens is 2. The zero-order valence-corrected chi connectivity index (χ0v) is 12.1. The molecule has 2 aromatic rings. The molecule has 0 aliphatic carbocycles. The minimum atomic E-state index is -0.809. The predicted octanol–water partition coefficient (Wildman–Crippen LogP) is 4.40. The van der Waals surface area contributed by atoms with Gasteiger partial charge in [-0.3, -0.25) is 0 Å². The second kappa shape index (κ2) is 6.37. The first kappa shape index (κ1) is 15.0. The van der Waals surface area contributed by atoms with Crippen LogP contribution in [0, 0.1) is 12.4 Å². The summed E-state index contributed by atoms with van der Waals surface area (Å²) in [5.41, 5.74) is 0.360. The molecule has 108 valence electrons. The van der Waals surface area contributed by atoms with E-state index < -0.39 is 5.82 Å². The van der Waals surface area contributed by atoms with E-state index in [1.54, 1.807) is 13.8 Å². The molecule has 0 unspecified atom stereocenters. The number of benzene rings is 1. The van der Waals surface area contributed by atoms with Gasteiger partial charge in [-0.2, -0.15) is 14.4 Å². The van der Waals surface area contributed by atoms with Gasteiger partial charge in [-0.25, -0.2) is 4.85 Å². The van der Waals surface area contributed by atoms with Crippen molar-refractivity contribution < 1.29 is 13.9 Å². The summed E-state index contributed by atoms with van der Waals surface area (Å²) in [4.78, 5) is 10.7. The third kappa shape index (κ3) is 3.58. The smallest absolute Gasteiger partial charge is 0.263 e. The van der Waals surface area contributed by atoms with Crippen LogP contribution in [0.15, 0.2) is 24.5 Å². The molecule has 0 saturated carbocycles. The van der Waals surface area contributed by atoms with Crippen molar-refractivity contribution in [1.82, 2.24) is 9.97 Å². The molecule has 0 bridgehead atoms. The molecular formula is C14H11ClFN3O2. The minimum absolute atomic E-state index is 0.188. The Labute approximate surface area is 126 Å². The summed E-state index contributed by atoms with van der Waals surface area (Å²) in [5.74, 6) is -1.10. The molecule has 5 nitrogen and oxygen atoms in total. The van der Waals surface area contributed by atoms with Gasteiger partial charge in [-0.15, -0.1) is 0 Å². The summed E-state index contributed by atoms with van der Waals surface area (Å²) >= 11 is 5.97. The van der Waals surface area contributed by atoms with Crippen molar-refractivity contribution >= 4 is 17.3 Å². The second-order valence-electron chi connectivity index (χ2n) is 4.29. The van der Waals surface area contributed by atoms with Crippen molar-refractivity contribution in [1.29, 1.82) is 0 Å². The maximum absolute atomic E-state index is 14.1. The summed E-state index contributed by atoms with van der Waals surface area (Å²) in [6, 6.07) is 4.41. The Morgan fingerprint density at radius 1 is 1.29 bits per heavy atom. The lowest BCUT2D eigenvalue weighted by Crippen LogP contribution is -2.09.